The summed E-state index contributed by atoms with van der Waals surface area (Å²) >= 11 is 0. The lowest BCUT2D eigenvalue weighted by molar-refractivity contribution is -0.144. The molecule has 1 heterocycles. The van der Waals surface area contributed by atoms with Crippen molar-refractivity contribution in [2.75, 3.05) is 32.9 Å². The lowest BCUT2D eigenvalue weighted by atomic mass is 9.71. The summed E-state index contributed by atoms with van der Waals surface area (Å²) in [5.41, 5.74) is 5.93. The third-order valence-electron chi connectivity index (χ3n) is 4.63. The fraction of sp³-hybridized carbons (Fsp3) is 0.929. The zero-order valence-corrected chi connectivity index (χ0v) is 11.6. The number of nitrogens with zero attached hydrogens (tertiary/aromatic N) is 1. The Morgan fingerprint density at radius 2 is 2.11 bits per heavy atom. The van der Waals surface area contributed by atoms with E-state index in [1.807, 2.05) is 0 Å². The van der Waals surface area contributed by atoms with E-state index in [-0.39, 0.29) is 24.0 Å². The first-order valence-corrected chi connectivity index (χ1v) is 7.39. The number of nitrogens with two attached hydrogens (primary N) is 1. The van der Waals surface area contributed by atoms with Gasteiger partial charge in [-0.1, -0.05) is 19.3 Å². The smallest absolute Gasteiger partial charge is 0.223 e. The Morgan fingerprint density at radius 1 is 1.37 bits per heavy atom. The second-order valence-corrected chi connectivity index (χ2v) is 5.94. The highest BCUT2D eigenvalue weighted by molar-refractivity contribution is 5.77. The van der Waals surface area contributed by atoms with Crippen molar-refractivity contribution in [2.45, 2.75) is 44.6 Å². The fourth-order valence-corrected chi connectivity index (χ4v) is 3.31. The summed E-state index contributed by atoms with van der Waals surface area (Å²) in [6, 6.07) is -0.181. The summed E-state index contributed by atoms with van der Waals surface area (Å²) in [4.78, 5) is 14.3. The number of hydrogen-bond acceptors (Lipinski definition) is 4. The van der Waals surface area contributed by atoms with Gasteiger partial charge >= 0.3 is 0 Å². The molecule has 1 amide bonds. The minimum Gasteiger partial charge on any atom is -0.394 e. The highest BCUT2D eigenvalue weighted by Crippen LogP contribution is 2.39. The van der Waals surface area contributed by atoms with Gasteiger partial charge in [-0.15, -0.1) is 0 Å². The third-order valence-corrected chi connectivity index (χ3v) is 4.63. The van der Waals surface area contributed by atoms with E-state index in [2.05, 4.69) is 0 Å². The molecule has 2 fully saturated rings. The topological polar surface area (TPSA) is 75.8 Å². The van der Waals surface area contributed by atoms with Crippen LogP contribution in [0.3, 0.4) is 0 Å². The molecular weight excluding hydrogens is 244 g/mol. The van der Waals surface area contributed by atoms with Crippen LogP contribution in [-0.4, -0.2) is 54.9 Å². The maximum Gasteiger partial charge on any atom is 0.223 e. The standard InChI is InChI=1S/C14H26N2O3/c15-11-14(4-2-1-3-5-14)8-13(18)16-6-7-19-10-12(16)9-17/h12,17H,1-11,15H2. The Balaban J connectivity index is 1.98. The third kappa shape index (κ3) is 3.46. The average Bonchev–Trinajstić information content (AvgIpc) is 2.48. The lowest BCUT2D eigenvalue weighted by Crippen LogP contribution is -2.52. The Hall–Kier alpha value is -0.650. The zero-order valence-electron chi connectivity index (χ0n) is 11.6. The highest BCUT2D eigenvalue weighted by Gasteiger charge is 2.36. The largest absolute Gasteiger partial charge is 0.394 e. The minimum absolute atomic E-state index is 0.00631. The van der Waals surface area contributed by atoms with Gasteiger partial charge in [0.15, 0.2) is 0 Å². The van der Waals surface area contributed by atoms with E-state index in [4.69, 9.17) is 10.5 Å². The van der Waals surface area contributed by atoms with Crippen LogP contribution in [0.2, 0.25) is 0 Å². The SMILES string of the molecule is NCC1(CC(=O)N2CCOCC2CO)CCCCC1. The van der Waals surface area contributed by atoms with Crippen LogP contribution in [0.4, 0.5) is 0 Å². The first-order valence-electron chi connectivity index (χ1n) is 7.39. The monoisotopic (exact) mass is 270 g/mol. The number of morpholine rings is 1. The molecule has 5 heteroatoms. The molecule has 1 aliphatic carbocycles. The normalized spacial score (nSPS) is 27.3. The number of rotatable bonds is 4. The Kier molecular flexibility index (Phi) is 5.19. The maximum atomic E-state index is 12.5. The van der Waals surface area contributed by atoms with Crippen LogP contribution in [0.15, 0.2) is 0 Å². The summed E-state index contributed by atoms with van der Waals surface area (Å²) in [6.45, 7) is 2.16. The molecule has 0 radical (unpaired) electrons. The summed E-state index contributed by atoms with van der Waals surface area (Å²) in [6.07, 6.45) is 6.26. The number of aliphatic hydroxyl groups is 1. The van der Waals surface area contributed by atoms with Gasteiger partial charge in [-0.2, -0.15) is 0 Å². The van der Waals surface area contributed by atoms with Crippen molar-refractivity contribution < 1.29 is 14.6 Å². The van der Waals surface area contributed by atoms with E-state index in [1.165, 1.54) is 19.3 Å². The molecule has 0 spiro atoms. The van der Waals surface area contributed by atoms with Crippen molar-refractivity contribution in [1.29, 1.82) is 0 Å². The molecule has 5 nitrogen and oxygen atoms in total. The lowest BCUT2D eigenvalue weighted by Gasteiger charge is -2.40. The van der Waals surface area contributed by atoms with Crippen LogP contribution in [0.1, 0.15) is 38.5 Å². The van der Waals surface area contributed by atoms with Crippen molar-refractivity contribution in [3.63, 3.8) is 0 Å². The molecule has 3 N–H and O–H groups in total. The maximum absolute atomic E-state index is 12.5. The van der Waals surface area contributed by atoms with Crippen molar-refractivity contribution in [1.82, 2.24) is 4.90 Å². The number of carbonyl (C=O) groups excluding carboxylic acids is 1. The van der Waals surface area contributed by atoms with E-state index in [9.17, 15) is 9.90 Å². The van der Waals surface area contributed by atoms with Crippen molar-refractivity contribution in [3.05, 3.63) is 0 Å². The number of amides is 1. The molecular formula is C14H26N2O3. The van der Waals surface area contributed by atoms with Gasteiger partial charge in [0.25, 0.3) is 0 Å². The molecule has 110 valence electrons. The first-order chi connectivity index (χ1) is 9.21. The molecule has 1 atom stereocenters. The van der Waals surface area contributed by atoms with Crippen molar-refractivity contribution in [2.24, 2.45) is 11.1 Å². The van der Waals surface area contributed by atoms with Gasteiger partial charge in [0.05, 0.1) is 25.9 Å². The van der Waals surface area contributed by atoms with Crippen LogP contribution in [-0.2, 0) is 9.53 Å². The van der Waals surface area contributed by atoms with E-state index in [1.54, 1.807) is 4.90 Å². The van der Waals surface area contributed by atoms with E-state index in [0.717, 1.165) is 12.8 Å². The number of carbonyl (C=O) groups is 1. The van der Waals surface area contributed by atoms with Gasteiger partial charge in [-0.05, 0) is 24.8 Å². The second kappa shape index (κ2) is 6.68. The van der Waals surface area contributed by atoms with Crippen LogP contribution < -0.4 is 5.73 Å². The predicted octanol–water partition coefficient (Wildman–Crippen LogP) is 0.505. The molecule has 0 aromatic heterocycles. The summed E-state index contributed by atoms with van der Waals surface area (Å²) < 4.78 is 5.32. The molecule has 2 rings (SSSR count). The van der Waals surface area contributed by atoms with Crippen LogP contribution >= 0.6 is 0 Å². The minimum atomic E-state index is -0.181. The van der Waals surface area contributed by atoms with Crippen LogP contribution in [0.5, 0.6) is 0 Å². The zero-order chi connectivity index (χ0) is 13.7. The van der Waals surface area contributed by atoms with Gasteiger partial charge in [0, 0.05) is 13.0 Å². The number of hydrogen-bond donors (Lipinski definition) is 2. The molecule has 1 saturated carbocycles. The van der Waals surface area contributed by atoms with Crippen molar-refractivity contribution >= 4 is 5.91 Å². The van der Waals surface area contributed by atoms with Gasteiger partial charge in [0.1, 0.15) is 0 Å². The molecule has 0 aromatic rings. The van der Waals surface area contributed by atoms with Gasteiger partial charge in [-0.25, -0.2) is 0 Å². The van der Waals surface area contributed by atoms with Crippen LogP contribution in [0.25, 0.3) is 0 Å². The quantitative estimate of drug-likeness (QED) is 0.780. The highest BCUT2D eigenvalue weighted by atomic mass is 16.5. The van der Waals surface area contributed by atoms with Gasteiger partial charge < -0.3 is 20.5 Å². The van der Waals surface area contributed by atoms with Crippen LogP contribution in [0, 0.1) is 5.41 Å². The van der Waals surface area contributed by atoms with E-state index in [0.29, 0.717) is 32.7 Å². The molecule has 0 aromatic carbocycles. The molecule has 0 bridgehead atoms. The molecule has 19 heavy (non-hydrogen) atoms. The van der Waals surface area contributed by atoms with Crippen molar-refractivity contribution in [3.8, 4) is 0 Å². The Bertz CT molecular complexity index is 303. The molecule has 2 aliphatic rings. The van der Waals surface area contributed by atoms with E-state index >= 15 is 0 Å². The fourth-order valence-electron chi connectivity index (χ4n) is 3.31. The average molecular weight is 270 g/mol. The molecule has 1 saturated heterocycles. The summed E-state index contributed by atoms with van der Waals surface area (Å²) in [5, 5.41) is 9.34. The Morgan fingerprint density at radius 3 is 2.74 bits per heavy atom. The van der Waals surface area contributed by atoms with Gasteiger partial charge in [0.2, 0.25) is 5.91 Å². The summed E-state index contributed by atoms with van der Waals surface area (Å²) in [7, 11) is 0. The number of aliphatic hydroxyl groups excluding tert-OH is 1. The molecule has 1 aliphatic heterocycles. The molecule has 1 unspecified atom stereocenters. The van der Waals surface area contributed by atoms with Gasteiger partial charge in [-0.3, -0.25) is 4.79 Å². The predicted molar refractivity (Wildman–Crippen MR) is 72.6 cm³/mol. The van der Waals surface area contributed by atoms with E-state index < -0.39 is 0 Å². The summed E-state index contributed by atoms with van der Waals surface area (Å²) in [5.74, 6) is 0.134. The first kappa shape index (κ1) is 14.8. The second-order valence-electron chi connectivity index (χ2n) is 5.94. The Labute approximate surface area is 115 Å². The number of ether oxygens (including phenoxy) is 1.